The highest BCUT2D eigenvalue weighted by Gasteiger charge is 2.28. The first kappa shape index (κ1) is 13.4. The quantitative estimate of drug-likeness (QED) is 0.891. The normalized spacial score (nSPS) is 28.8. The van der Waals surface area contributed by atoms with Gasteiger partial charge in [-0.2, -0.15) is 5.26 Å². The molecule has 3 atom stereocenters. The van der Waals surface area contributed by atoms with Crippen molar-refractivity contribution in [3.63, 3.8) is 0 Å². The zero-order valence-electron chi connectivity index (χ0n) is 12.4. The summed E-state index contributed by atoms with van der Waals surface area (Å²) in [5.41, 5.74) is 3.19. The van der Waals surface area contributed by atoms with Crippen LogP contribution in [0.25, 0.3) is 0 Å². The van der Waals surface area contributed by atoms with Gasteiger partial charge in [0.05, 0.1) is 5.56 Å². The Hall–Kier alpha value is -1.56. The zero-order chi connectivity index (χ0) is 14.1. The van der Waals surface area contributed by atoms with Crippen molar-refractivity contribution < 1.29 is 0 Å². The lowest BCUT2D eigenvalue weighted by Gasteiger charge is -2.35. The van der Waals surface area contributed by atoms with Crippen molar-refractivity contribution in [2.45, 2.75) is 58.4 Å². The summed E-state index contributed by atoms with van der Waals surface area (Å²) in [5, 5.41) is 12.9. The first-order valence-electron chi connectivity index (χ1n) is 7.88. The maximum absolute atomic E-state index is 9.37. The Bertz CT molecular complexity index is 544. The topological polar surface area (TPSA) is 48.7 Å². The molecule has 0 aliphatic heterocycles. The van der Waals surface area contributed by atoms with E-state index in [0.717, 1.165) is 30.1 Å². The molecule has 0 spiro atoms. The SMILES string of the molecule is CC1CCCC(Nc2nc3c(cc2C#N)CCC3)C1C. The molecule has 1 N–H and O–H groups in total. The minimum absolute atomic E-state index is 0.456. The van der Waals surface area contributed by atoms with Crippen LogP contribution >= 0.6 is 0 Å². The highest BCUT2D eigenvalue weighted by atomic mass is 15.0. The third-order valence-electron chi connectivity index (χ3n) is 5.20. The van der Waals surface area contributed by atoms with Crippen LogP contribution in [-0.2, 0) is 12.8 Å². The van der Waals surface area contributed by atoms with Gasteiger partial charge in [-0.3, -0.25) is 0 Å². The molecule has 1 aromatic heterocycles. The minimum atomic E-state index is 0.456. The van der Waals surface area contributed by atoms with Crippen molar-refractivity contribution in [2.75, 3.05) is 5.32 Å². The Balaban J connectivity index is 1.85. The molecular formula is C17H23N3. The molecule has 0 amide bonds. The number of nitrogens with zero attached hydrogens (tertiary/aromatic N) is 2. The van der Waals surface area contributed by atoms with E-state index < -0.39 is 0 Å². The van der Waals surface area contributed by atoms with E-state index in [-0.39, 0.29) is 0 Å². The van der Waals surface area contributed by atoms with E-state index in [9.17, 15) is 5.26 Å². The van der Waals surface area contributed by atoms with Crippen molar-refractivity contribution in [3.05, 3.63) is 22.9 Å². The van der Waals surface area contributed by atoms with Crippen LogP contribution in [0, 0.1) is 23.2 Å². The highest BCUT2D eigenvalue weighted by Crippen LogP contribution is 2.33. The molecule has 0 radical (unpaired) electrons. The van der Waals surface area contributed by atoms with Crippen molar-refractivity contribution in [1.82, 2.24) is 4.98 Å². The first-order valence-corrected chi connectivity index (χ1v) is 7.88. The van der Waals surface area contributed by atoms with E-state index in [0.29, 0.717) is 12.0 Å². The molecule has 3 heteroatoms. The molecule has 3 rings (SSSR count). The van der Waals surface area contributed by atoms with Gasteiger partial charge in [-0.15, -0.1) is 0 Å². The van der Waals surface area contributed by atoms with Gasteiger partial charge in [0.15, 0.2) is 0 Å². The van der Waals surface area contributed by atoms with Crippen LogP contribution in [0.15, 0.2) is 6.07 Å². The van der Waals surface area contributed by atoms with E-state index in [1.54, 1.807) is 0 Å². The van der Waals surface area contributed by atoms with Gasteiger partial charge in [0.25, 0.3) is 0 Å². The van der Waals surface area contributed by atoms with Gasteiger partial charge in [-0.1, -0.05) is 26.7 Å². The van der Waals surface area contributed by atoms with Crippen LogP contribution in [0.3, 0.4) is 0 Å². The summed E-state index contributed by atoms with van der Waals surface area (Å²) in [5.74, 6) is 2.21. The molecule has 2 aliphatic rings. The summed E-state index contributed by atoms with van der Waals surface area (Å²) in [6, 6.07) is 4.82. The van der Waals surface area contributed by atoms with Crippen LogP contribution < -0.4 is 5.32 Å². The minimum Gasteiger partial charge on any atom is -0.366 e. The number of aryl methyl sites for hydroxylation is 2. The zero-order valence-corrected chi connectivity index (χ0v) is 12.4. The van der Waals surface area contributed by atoms with Gasteiger partial charge in [0.1, 0.15) is 11.9 Å². The van der Waals surface area contributed by atoms with Gasteiger partial charge in [0, 0.05) is 11.7 Å². The van der Waals surface area contributed by atoms with Crippen molar-refractivity contribution in [2.24, 2.45) is 11.8 Å². The monoisotopic (exact) mass is 269 g/mol. The molecule has 1 fully saturated rings. The predicted octanol–water partition coefficient (Wildman–Crippen LogP) is 3.68. The number of hydrogen-bond donors (Lipinski definition) is 1. The van der Waals surface area contributed by atoms with Crippen LogP contribution in [0.2, 0.25) is 0 Å². The standard InChI is InChI=1S/C17H23N3/c1-11-5-3-7-15(12(11)2)19-17-14(10-18)9-13-6-4-8-16(13)20-17/h9,11-12,15H,3-8H2,1-2H3,(H,19,20). The number of anilines is 1. The molecule has 20 heavy (non-hydrogen) atoms. The number of aromatic nitrogens is 1. The summed E-state index contributed by atoms with van der Waals surface area (Å²) in [7, 11) is 0. The lowest BCUT2D eigenvalue weighted by atomic mass is 9.78. The number of hydrogen-bond acceptors (Lipinski definition) is 3. The molecule has 2 aliphatic carbocycles. The Labute approximate surface area is 121 Å². The second-order valence-corrected chi connectivity index (χ2v) is 6.47. The Morgan fingerprint density at radius 2 is 2.10 bits per heavy atom. The Morgan fingerprint density at radius 3 is 2.90 bits per heavy atom. The summed E-state index contributed by atoms with van der Waals surface area (Å²) >= 11 is 0. The summed E-state index contributed by atoms with van der Waals surface area (Å²) in [6.45, 7) is 4.65. The van der Waals surface area contributed by atoms with E-state index in [1.807, 2.05) is 0 Å². The van der Waals surface area contributed by atoms with Crippen molar-refractivity contribution in [1.29, 1.82) is 5.26 Å². The largest absolute Gasteiger partial charge is 0.366 e. The maximum Gasteiger partial charge on any atom is 0.144 e. The average Bonchev–Trinajstić information content (AvgIpc) is 2.90. The van der Waals surface area contributed by atoms with Gasteiger partial charge in [-0.05, 0) is 49.1 Å². The van der Waals surface area contributed by atoms with Crippen molar-refractivity contribution in [3.8, 4) is 6.07 Å². The Kier molecular flexibility index (Phi) is 3.65. The maximum atomic E-state index is 9.37. The molecule has 1 saturated carbocycles. The summed E-state index contributed by atoms with van der Waals surface area (Å²) in [4.78, 5) is 4.74. The van der Waals surface area contributed by atoms with Gasteiger partial charge >= 0.3 is 0 Å². The number of nitrogens with one attached hydrogen (secondary N) is 1. The van der Waals surface area contributed by atoms with Crippen molar-refractivity contribution >= 4 is 5.82 Å². The fourth-order valence-electron chi connectivity index (χ4n) is 3.63. The molecule has 3 unspecified atom stereocenters. The molecule has 3 nitrogen and oxygen atoms in total. The molecule has 0 saturated heterocycles. The van der Waals surface area contributed by atoms with Gasteiger partial charge in [0.2, 0.25) is 0 Å². The van der Waals surface area contributed by atoms with E-state index in [2.05, 4.69) is 31.3 Å². The molecule has 106 valence electrons. The third-order valence-corrected chi connectivity index (χ3v) is 5.20. The average molecular weight is 269 g/mol. The van der Waals surface area contributed by atoms with Crippen LogP contribution in [0.1, 0.15) is 56.4 Å². The predicted molar refractivity (Wildman–Crippen MR) is 80.6 cm³/mol. The number of rotatable bonds is 2. The molecular weight excluding hydrogens is 246 g/mol. The molecule has 0 bridgehead atoms. The van der Waals surface area contributed by atoms with Gasteiger partial charge < -0.3 is 5.32 Å². The first-order chi connectivity index (χ1) is 9.69. The summed E-state index contributed by atoms with van der Waals surface area (Å²) in [6.07, 6.45) is 7.10. The second-order valence-electron chi connectivity index (χ2n) is 6.47. The number of fused-ring (bicyclic) bond motifs is 1. The second kappa shape index (κ2) is 5.44. The van der Waals surface area contributed by atoms with Crippen LogP contribution in [0.5, 0.6) is 0 Å². The smallest absolute Gasteiger partial charge is 0.144 e. The van der Waals surface area contributed by atoms with Gasteiger partial charge in [-0.25, -0.2) is 4.98 Å². The van der Waals surface area contributed by atoms with E-state index >= 15 is 0 Å². The lowest BCUT2D eigenvalue weighted by Crippen LogP contribution is -2.35. The highest BCUT2D eigenvalue weighted by molar-refractivity contribution is 5.55. The van der Waals surface area contributed by atoms with Crippen LogP contribution in [-0.4, -0.2) is 11.0 Å². The third kappa shape index (κ3) is 2.40. The summed E-state index contributed by atoms with van der Waals surface area (Å²) < 4.78 is 0. The fraction of sp³-hybridized carbons (Fsp3) is 0.647. The molecule has 0 aromatic carbocycles. The number of pyridine rings is 1. The molecule has 1 aromatic rings. The Morgan fingerprint density at radius 1 is 1.25 bits per heavy atom. The number of nitriles is 1. The fourth-order valence-corrected chi connectivity index (χ4v) is 3.63. The van der Waals surface area contributed by atoms with Crippen LogP contribution in [0.4, 0.5) is 5.82 Å². The van der Waals surface area contributed by atoms with E-state index in [1.165, 1.54) is 36.9 Å². The van der Waals surface area contributed by atoms with E-state index in [4.69, 9.17) is 4.98 Å². The molecule has 1 heterocycles. The lowest BCUT2D eigenvalue weighted by molar-refractivity contribution is 0.253.